The SMILES string of the molecule is CN(C)C1(CNC2CCC(C(C)(C)C)CC2)CCCC1. The molecule has 0 atom stereocenters. The van der Waals surface area contributed by atoms with E-state index in [-0.39, 0.29) is 0 Å². The van der Waals surface area contributed by atoms with Crippen LogP contribution in [-0.4, -0.2) is 37.1 Å². The van der Waals surface area contributed by atoms with Gasteiger partial charge < -0.3 is 10.2 Å². The second-order valence-electron chi connectivity index (χ2n) is 8.62. The molecule has 20 heavy (non-hydrogen) atoms. The molecule has 2 aliphatic rings. The smallest absolute Gasteiger partial charge is 0.0327 e. The van der Waals surface area contributed by atoms with Crippen LogP contribution in [0.3, 0.4) is 0 Å². The maximum absolute atomic E-state index is 3.92. The van der Waals surface area contributed by atoms with Gasteiger partial charge >= 0.3 is 0 Å². The van der Waals surface area contributed by atoms with Gasteiger partial charge in [0.2, 0.25) is 0 Å². The highest BCUT2D eigenvalue weighted by Gasteiger charge is 2.37. The van der Waals surface area contributed by atoms with Crippen molar-refractivity contribution in [2.24, 2.45) is 11.3 Å². The van der Waals surface area contributed by atoms with Crippen LogP contribution < -0.4 is 5.32 Å². The third-order valence-corrected chi connectivity index (χ3v) is 6.15. The summed E-state index contributed by atoms with van der Waals surface area (Å²) in [7, 11) is 4.53. The van der Waals surface area contributed by atoms with E-state index in [2.05, 4.69) is 45.1 Å². The number of hydrogen-bond donors (Lipinski definition) is 1. The van der Waals surface area contributed by atoms with Gasteiger partial charge in [0.25, 0.3) is 0 Å². The second-order valence-corrected chi connectivity index (χ2v) is 8.62. The molecule has 0 saturated heterocycles. The zero-order valence-electron chi connectivity index (χ0n) is 14.5. The Labute approximate surface area is 126 Å². The highest BCUT2D eigenvalue weighted by Crippen LogP contribution is 2.38. The van der Waals surface area contributed by atoms with Crippen molar-refractivity contribution in [2.75, 3.05) is 20.6 Å². The zero-order valence-corrected chi connectivity index (χ0v) is 14.5. The van der Waals surface area contributed by atoms with E-state index in [1.165, 1.54) is 57.9 Å². The first-order valence-electron chi connectivity index (χ1n) is 8.74. The maximum atomic E-state index is 3.92. The molecule has 0 bridgehead atoms. The standard InChI is InChI=1S/C18H36N2/c1-17(2,3)15-8-10-16(11-9-15)19-14-18(20(4)5)12-6-7-13-18/h15-16,19H,6-14H2,1-5H3. The van der Waals surface area contributed by atoms with E-state index < -0.39 is 0 Å². The van der Waals surface area contributed by atoms with Crippen molar-refractivity contribution in [3.63, 3.8) is 0 Å². The Hall–Kier alpha value is -0.0800. The first-order chi connectivity index (χ1) is 9.33. The number of nitrogens with one attached hydrogen (secondary N) is 1. The molecule has 0 unspecified atom stereocenters. The van der Waals surface area contributed by atoms with E-state index in [9.17, 15) is 0 Å². The number of hydrogen-bond acceptors (Lipinski definition) is 2. The molecule has 0 spiro atoms. The van der Waals surface area contributed by atoms with Crippen LogP contribution in [0.2, 0.25) is 0 Å². The largest absolute Gasteiger partial charge is 0.312 e. The molecule has 1 N–H and O–H groups in total. The Balaban J connectivity index is 1.78. The highest BCUT2D eigenvalue weighted by atomic mass is 15.2. The summed E-state index contributed by atoms with van der Waals surface area (Å²) in [6, 6.07) is 0.769. The van der Waals surface area contributed by atoms with E-state index in [1.807, 2.05) is 0 Å². The van der Waals surface area contributed by atoms with Crippen LogP contribution in [0, 0.1) is 11.3 Å². The monoisotopic (exact) mass is 280 g/mol. The summed E-state index contributed by atoms with van der Waals surface area (Å²) in [4.78, 5) is 2.48. The molecule has 0 aromatic heterocycles. The average molecular weight is 280 g/mol. The van der Waals surface area contributed by atoms with Gasteiger partial charge in [-0.2, -0.15) is 0 Å². The number of nitrogens with zero attached hydrogens (tertiary/aromatic N) is 1. The maximum Gasteiger partial charge on any atom is 0.0327 e. The van der Waals surface area contributed by atoms with Crippen molar-refractivity contribution in [1.29, 1.82) is 0 Å². The van der Waals surface area contributed by atoms with E-state index in [0.29, 0.717) is 11.0 Å². The van der Waals surface area contributed by atoms with Crippen LogP contribution in [0.1, 0.15) is 72.1 Å². The third-order valence-electron chi connectivity index (χ3n) is 6.15. The minimum absolute atomic E-state index is 0.445. The van der Waals surface area contributed by atoms with Gasteiger partial charge in [-0.15, -0.1) is 0 Å². The Bertz CT molecular complexity index is 289. The number of likely N-dealkylation sites (N-methyl/N-ethyl adjacent to an activating group) is 1. The Kier molecular flexibility index (Phi) is 5.18. The molecule has 2 rings (SSSR count). The van der Waals surface area contributed by atoms with Gasteiger partial charge in [-0.3, -0.25) is 0 Å². The zero-order chi connectivity index (χ0) is 14.8. The van der Waals surface area contributed by atoms with E-state index in [4.69, 9.17) is 0 Å². The summed E-state index contributed by atoms with van der Waals surface area (Å²) in [6.07, 6.45) is 11.2. The van der Waals surface area contributed by atoms with Gasteiger partial charge in [0.05, 0.1) is 0 Å². The topological polar surface area (TPSA) is 15.3 Å². The predicted octanol–water partition coefficient (Wildman–Crippen LogP) is 4.06. The molecule has 2 nitrogen and oxygen atoms in total. The minimum atomic E-state index is 0.445. The van der Waals surface area contributed by atoms with Crippen molar-refractivity contribution < 1.29 is 0 Å². The summed E-state index contributed by atoms with van der Waals surface area (Å²) in [5.41, 5.74) is 0.947. The molecule has 2 heteroatoms. The lowest BCUT2D eigenvalue weighted by molar-refractivity contribution is 0.127. The van der Waals surface area contributed by atoms with Gasteiger partial charge in [-0.25, -0.2) is 0 Å². The minimum Gasteiger partial charge on any atom is -0.312 e. The summed E-state index contributed by atoms with van der Waals surface area (Å²) in [6.45, 7) is 8.42. The molecule has 2 aliphatic carbocycles. The van der Waals surface area contributed by atoms with Gasteiger partial charge in [0.15, 0.2) is 0 Å². The summed E-state index contributed by atoms with van der Waals surface area (Å²) in [5, 5.41) is 3.92. The molecule has 0 amide bonds. The van der Waals surface area contributed by atoms with Crippen molar-refractivity contribution in [3.05, 3.63) is 0 Å². The Morgan fingerprint density at radius 3 is 2.00 bits per heavy atom. The Morgan fingerprint density at radius 2 is 1.55 bits per heavy atom. The van der Waals surface area contributed by atoms with Crippen LogP contribution in [0.5, 0.6) is 0 Å². The molecule has 0 aliphatic heterocycles. The highest BCUT2D eigenvalue weighted by molar-refractivity contribution is 4.95. The lowest BCUT2D eigenvalue weighted by atomic mass is 9.71. The van der Waals surface area contributed by atoms with Crippen molar-refractivity contribution in [2.45, 2.75) is 83.7 Å². The third kappa shape index (κ3) is 3.76. The fraction of sp³-hybridized carbons (Fsp3) is 1.00. The molecule has 2 fully saturated rings. The fourth-order valence-electron chi connectivity index (χ4n) is 4.31. The first-order valence-corrected chi connectivity index (χ1v) is 8.74. The van der Waals surface area contributed by atoms with Crippen molar-refractivity contribution in [3.8, 4) is 0 Å². The second kappa shape index (κ2) is 6.36. The number of rotatable bonds is 4. The predicted molar refractivity (Wildman–Crippen MR) is 88.1 cm³/mol. The molecule has 0 heterocycles. The summed E-state index contributed by atoms with van der Waals surface area (Å²) in [5.74, 6) is 0.926. The summed E-state index contributed by atoms with van der Waals surface area (Å²) >= 11 is 0. The van der Waals surface area contributed by atoms with E-state index in [0.717, 1.165) is 12.0 Å². The van der Waals surface area contributed by atoms with Crippen molar-refractivity contribution in [1.82, 2.24) is 10.2 Å². The summed E-state index contributed by atoms with van der Waals surface area (Å²) < 4.78 is 0. The Morgan fingerprint density at radius 1 is 1.00 bits per heavy atom. The van der Waals surface area contributed by atoms with Crippen LogP contribution in [0.4, 0.5) is 0 Å². The van der Waals surface area contributed by atoms with E-state index in [1.54, 1.807) is 0 Å². The molecular weight excluding hydrogens is 244 g/mol. The van der Waals surface area contributed by atoms with Crippen molar-refractivity contribution >= 4 is 0 Å². The van der Waals surface area contributed by atoms with Crippen LogP contribution in [0.25, 0.3) is 0 Å². The lowest BCUT2D eigenvalue weighted by Crippen LogP contribution is -2.52. The van der Waals surface area contributed by atoms with Crippen LogP contribution >= 0.6 is 0 Å². The first kappa shape index (κ1) is 16.3. The molecule has 2 saturated carbocycles. The molecular formula is C18H36N2. The van der Waals surface area contributed by atoms with Gasteiger partial charge in [-0.05, 0) is 64.0 Å². The van der Waals surface area contributed by atoms with E-state index >= 15 is 0 Å². The fourth-order valence-corrected chi connectivity index (χ4v) is 4.31. The van der Waals surface area contributed by atoms with Crippen LogP contribution in [-0.2, 0) is 0 Å². The van der Waals surface area contributed by atoms with Crippen LogP contribution in [0.15, 0.2) is 0 Å². The van der Waals surface area contributed by atoms with Gasteiger partial charge in [-0.1, -0.05) is 33.6 Å². The molecule has 0 aromatic carbocycles. The lowest BCUT2D eigenvalue weighted by Gasteiger charge is -2.41. The molecule has 0 radical (unpaired) electrons. The average Bonchev–Trinajstić information content (AvgIpc) is 2.86. The normalized spacial score (nSPS) is 30.9. The van der Waals surface area contributed by atoms with Gasteiger partial charge in [0, 0.05) is 18.1 Å². The quantitative estimate of drug-likeness (QED) is 0.835. The molecule has 0 aromatic rings. The van der Waals surface area contributed by atoms with Gasteiger partial charge in [0.1, 0.15) is 0 Å². The molecule has 118 valence electrons.